The van der Waals surface area contributed by atoms with Crippen molar-refractivity contribution in [2.75, 3.05) is 7.11 Å². The van der Waals surface area contributed by atoms with Crippen LogP contribution in [0.15, 0.2) is 42.5 Å². The van der Waals surface area contributed by atoms with Crippen molar-refractivity contribution in [2.45, 2.75) is 19.3 Å². The van der Waals surface area contributed by atoms with Crippen LogP contribution >= 0.6 is 0 Å². The van der Waals surface area contributed by atoms with Gasteiger partial charge >= 0.3 is 0 Å². The van der Waals surface area contributed by atoms with Gasteiger partial charge in [-0.15, -0.1) is 0 Å². The Morgan fingerprint density at radius 1 is 1.25 bits per heavy atom. The van der Waals surface area contributed by atoms with E-state index in [0.29, 0.717) is 12.0 Å². The van der Waals surface area contributed by atoms with Gasteiger partial charge in [0.05, 0.1) is 19.1 Å². The fourth-order valence-corrected chi connectivity index (χ4v) is 2.21. The maximum Gasteiger partial charge on any atom is 0.165 e. The first kappa shape index (κ1) is 14.1. The molecule has 2 rings (SSSR count). The van der Waals surface area contributed by atoms with Crippen LogP contribution in [-0.2, 0) is 6.42 Å². The summed E-state index contributed by atoms with van der Waals surface area (Å²) in [5, 5.41) is 9.32. The Hall–Kier alpha value is -2.34. The third-order valence-corrected chi connectivity index (χ3v) is 3.26. The highest BCUT2D eigenvalue weighted by molar-refractivity contribution is 5.35. The molecule has 2 aromatic carbocycles. The smallest absolute Gasteiger partial charge is 0.165 e. The van der Waals surface area contributed by atoms with E-state index in [-0.39, 0.29) is 11.7 Å². The van der Waals surface area contributed by atoms with Crippen molar-refractivity contribution in [3.05, 3.63) is 65.0 Å². The van der Waals surface area contributed by atoms with E-state index in [2.05, 4.69) is 6.07 Å². The number of halogens is 1. The van der Waals surface area contributed by atoms with Crippen molar-refractivity contribution < 1.29 is 9.13 Å². The predicted molar refractivity (Wildman–Crippen MR) is 76.2 cm³/mol. The van der Waals surface area contributed by atoms with Crippen LogP contribution in [0.2, 0.25) is 0 Å². The van der Waals surface area contributed by atoms with E-state index < -0.39 is 5.82 Å². The molecule has 0 saturated carbocycles. The second kappa shape index (κ2) is 6.21. The molecule has 2 nitrogen and oxygen atoms in total. The van der Waals surface area contributed by atoms with E-state index in [0.717, 1.165) is 11.1 Å². The van der Waals surface area contributed by atoms with Crippen LogP contribution in [0.4, 0.5) is 4.39 Å². The number of methoxy groups -OCH3 is 1. The highest BCUT2D eigenvalue weighted by Gasteiger charge is 2.14. The second-order valence-corrected chi connectivity index (χ2v) is 4.77. The molecule has 2 aromatic rings. The molecule has 102 valence electrons. The Bertz CT molecular complexity index is 646. The molecule has 1 atom stereocenters. The van der Waals surface area contributed by atoms with Gasteiger partial charge in [-0.25, -0.2) is 4.39 Å². The summed E-state index contributed by atoms with van der Waals surface area (Å²) in [5.41, 5.74) is 2.90. The number of aryl methyl sites for hydroxylation is 1. The molecule has 20 heavy (non-hydrogen) atoms. The third kappa shape index (κ3) is 3.16. The van der Waals surface area contributed by atoms with E-state index in [1.807, 2.05) is 31.2 Å². The van der Waals surface area contributed by atoms with Crippen LogP contribution in [0.1, 0.15) is 22.6 Å². The van der Waals surface area contributed by atoms with Crippen molar-refractivity contribution in [3.8, 4) is 11.8 Å². The molecule has 0 aliphatic carbocycles. The quantitative estimate of drug-likeness (QED) is 0.840. The molecule has 0 spiro atoms. The summed E-state index contributed by atoms with van der Waals surface area (Å²) < 4.78 is 18.6. The van der Waals surface area contributed by atoms with Crippen LogP contribution in [0.5, 0.6) is 5.75 Å². The van der Waals surface area contributed by atoms with E-state index in [4.69, 9.17) is 4.74 Å². The Kier molecular flexibility index (Phi) is 4.37. The van der Waals surface area contributed by atoms with Gasteiger partial charge in [-0.05, 0) is 36.6 Å². The third-order valence-electron chi connectivity index (χ3n) is 3.26. The molecule has 0 aliphatic heterocycles. The minimum Gasteiger partial charge on any atom is -0.494 e. The van der Waals surface area contributed by atoms with Crippen molar-refractivity contribution in [1.82, 2.24) is 0 Å². The number of hydrogen-bond acceptors (Lipinski definition) is 2. The number of ether oxygens (including phenoxy) is 1. The molecular weight excluding hydrogens is 253 g/mol. The van der Waals surface area contributed by atoms with Crippen LogP contribution in [0, 0.1) is 24.1 Å². The second-order valence-electron chi connectivity index (χ2n) is 4.77. The molecular formula is C17H16FNO. The Morgan fingerprint density at radius 3 is 2.65 bits per heavy atom. The van der Waals surface area contributed by atoms with Crippen LogP contribution in [0.25, 0.3) is 0 Å². The normalized spacial score (nSPS) is 11.7. The van der Waals surface area contributed by atoms with Crippen molar-refractivity contribution in [1.29, 1.82) is 5.26 Å². The standard InChI is InChI=1S/C17H16FNO/c1-12-4-3-5-13(8-12)9-15(11-19)14-6-7-17(20-2)16(18)10-14/h3-8,10,15H,9H2,1-2H3. The van der Waals surface area contributed by atoms with Gasteiger partial charge in [-0.2, -0.15) is 5.26 Å². The molecule has 0 fully saturated rings. The Labute approximate surface area is 118 Å². The molecule has 0 aromatic heterocycles. The van der Waals surface area contributed by atoms with Gasteiger partial charge in [0.15, 0.2) is 11.6 Å². The van der Waals surface area contributed by atoms with Crippen LogP contribution in [-0.4, -0.2) is 7.11 Å². The lowest BCUT2D eigenvalue weighted by atomic mass is 9.92. The highest BCUT2D eigenvalue weighted by Crippen LogP contribution is 2.25. The molecule has 0 radical (unpaired) electrons. The summed E-state index contributed by atoms with van der Waals surface area (Å²) in [4.78, 5) is 0. The lowest BCUT2D eigenvalue weighted by Gasteiger charge is -2.11. The lowest BCUT2D eigenvalue weighted by Crippen LogP contribution is -2.02. The van der Waals surface area contributed by atoms with Gasteiger partial charge in [0, 0.05) is 0 Å². The number of benzene rings is 2. The lowest BCUT2D eigenvalue weighted by molar-refractivity contribution is 0.386. The molecule has 0 aliphatic rings. The zero-order valence-corrected chi connectivity index (χ0v) is 11.6. The molecule has 0 saturated heterocycles. The molecule has 0 heterocycles. The summed E-state index contributed by atoms with van der Waals surface area (Å²) in [6, 6.07) is 14.9. The van der Waals surface area contributed by atoms with Gasteiger partial charge in [0.2, 0.25) is 0 Å². The van der Waals surface area contributed by atoms with Crippen LogP contribution < -0.4 is 4.74 Å². The summed E-state index contributed by atoms with van der Waals surface area (Å²) in [7, 11) is 1.42. The van der Waals surface area contributed by atoms with Gasteiger partial charge in [0.25, 0.3) is 0 Å². The van der Waals surface area contributed by atoms with Crippen molar-refractivity contribution in [3.63, 3.8) is 0 Å². The molecule has 0 N–H and O–H groups in total. The fraction of sp³-hybridized carbons (Fsp3) is 0.235. The SMILES string of the molecule is COc1ccc(C(C#N)Cc2cccc(C)c2)cc1F. The number of nitriles is 1. The molecule has 3 heteroatoms. The van der Waals surface area contributed by atoms with E-state index >= 15 is 0 Å². The largest absolute Gasteiger partial charge is 0.494 e. The first-order valence-corrected chi connectivity index (χ1v) is 6.42. The minimum absolute atomic E-state index is 0.195. The fourth-order valence-electron chi connectivity index (χ4n) is 2.21. The summed E-state index contributed by atoms with van der Waals surface area (Å²) >= 11 is 0. The van der Waals surface area contributed by atoms with Gasteiger partial charge in [-0.3, -0.25) is 0 Å². The minimum atomic E-state index is -0.436. The molecule has 0 bridgehead atoms. The van der Waals surface area contributed by atoms with E-state index in [1.54, 1.807) is 12.1 Å². The topological polar surface area (TPSA) is 33.0 Å². The Morgan fingerprint density at radius 2 is 2.05 bits per heavy atom. The monoisotopic (exact) mass is 269 g/mol. The van der Waals surface area contributed by atoms with Crippen LogP contribution in [0.3, 0.4) is 0 Å². The average molecular weight is 269 g/mol. The number of nitrogens with zero attached hydrogens (tertiary/aromatic N) is 1. The van der Waals surface area contributed by atoms with E-state index in [1.165, 1.54) is 13.2 Å². The summed E-state index contributed by atoms with van der Waals surface area (Å²) in [6.45, 7) is 2.01. The molecule has 0 amide bonds. The first-order chi connectivity index (χ1) is 9.63. The highest BCUT2D eigenvalue weighted by atomic mass is 19.1. The van der Waals surface area contributed by atoms with Crippen molar-refractivity contribution >= 4 is 0 Å². The first-order valence-electron chi connectivity index (χ1n) is 6.42. The maximum atomic E-state index is 13.7. The van der Waals surface area contributed by atoms with Gasteiger partial charge < -0.3 is 4.74 Å². The van der Waals surface area contributed by atoms with Gasteiger partial charge in [0.1, 0.15) is 0 Å². The summed E-state index contributed by atoms with van der Waals surface area (Å²) in [5.74, 6) is -0.604. The van der Waals surface area contributed by atoms with Crippen molar-refractivity contribution in [2.24, 2.45) is 0 Å². The number of hydrogen-bond donors (Lipinski definition) is 0. The molecule has 1 unspecified atom stereocenters. The predicted octanol–water partition coefficient (Wildman–Crippen LogP) is 3.99. The van der Waals surface area contributed by atoms with E-state index in [9.17, 15) is 9.65 Å². The van der Waals surface area contributed by atoms with Gasteiger partial charge in [-0.1, -0.05) is 35.9 Å². The zero-order chi connectivity index (χ0) is 14.5. The maximum absolute atomic E-state index is 13.7. The average Bonchev–Trinajstić information content (AvgIpc) is 2.44. The number of rotatable bonds is 4. The zero-order valence-electron chi connectivity index (χ0n) is 11.6. The summed E-state index contributed by atoms with van der Waals surface area (Å²) in [6.07, 6.45) is 0.573. The Balaban J connectivity index is 2.25.